The molecular weight excluding hydrogens is 438 g/mol. The van der Waals surface area contributed by atoms with Crippen molar-refractivity contribution in [2.45, 2.75) is 59.2 Å². The van der Waals surface area contributed by atoms with Crippen molar-refractivity contribution in [2.75, 3.05) is 17.1 Å². The molecule has 0 spiro atoms. The summed E-state index contributed by atoms with van der Waals surface area (Å²) in [5.74, 6) is -0.707. The predicted octanol–water partition coefficient (Wildman–Crippen LogP) is 3.48. The number of nitrogens with zero attached hydrogens (tertiary/aromatic N) is 2. The molecule has 8 heteroatoms. The number of anilines is 1. The Hall–Kier alpha value is -2.87. The molecule has 2 amide bonds. The number of rotatable bonds is 9. The third kappa shape index (κ3) is 7.60. The van der Waals surface area contributed by atoms with E-state index in [2.05, 4.69) is 5.32 Å². The number of para-hydroxylation sites is 1. The molecule has 0 unspecified atom stereocenters. The van der Waals surface area contributed by atoms with Gasteiger partial charge in [-0.3, -0.25) is 13.9 Å². The largest absolute Gasteiger partial charge is 0.350 e. The first-order chi connectivity index (χ1) is 15.3. The Morgan fingerprint density at radius 3 is 2.09 bits per heavy atom. The van der Waals surface area contributed by atoms with E-state index in [0.29, 0.717) is 12.1 Å². The van der Waals surface area contributed by atoms with Crippen LogP contribution in [0.1, 0.15) is 45.2 Å². The van der Waals surface area contributed by atoms with E-state index in [9.17, 15) is 18.0 Å². The van der Waals surface area contributed by atoms with Gasteiger partial charge < -0.3 is 10.2 Å². The van der Waals surface area contributed by atoms with Crippen molar-refractivity contribution in [3.8, 4) is 0 Å². The van der Waals surface area contributed by atoms with E-state index in [4.69, 9.17) is 0 Å². The molecule has 0 aliphatic carbocycles. The minimum Gasteiger partial charge on any atom is -0.350 e. The van der Waals surface area contributed by atoms with Gasteiger partial charge in [-0.25, -0.2) is 8.42 Å². The third-order valence-corrected chi connectivity index (χ3v) is 6.35. The van der Waals surface area contributed by atoms with Crippen LogP contribution in [0.4, 0.5) is 5.69 Å². The monoisotopic (exact) mass is 473 g/mol. The average molecular weight is 474 g/mol. The molecule has 0 fully saturated rings. The second-order valence-electron chi connectivity index (χ2n) is 9.22. The lowest BCUT2D eigenvalue weighted by molar-refractivity contribution is -0.141. The van der Waals surface area contributed by atoms with Crippen LogP contribution in [0, 0.1) is 6.92 Å². The van der Waals surface area contributed by atoms with Gasteiger partial charge in [0.05, 0.1) is 11.9 Å². The zero-order valence-corrected chi connectivity index (χ0v) is 21.1. The lowest BCUT2D eigenvalue weighted by Crippen LogP contribution is -2.55. The molecule has 2 aromatic rings. The fourth-order valence-electron chi connectivity index (χ4n) is 3.55. The first kappa shape index (κ1) is 26.4. The van der Waals surface area contributed by atoms with Crippen LogP contribution in [0.5, 0.6) is 0 Å². The number of carbonyl (C=O) groups is 2. The number of aryl methyl sites for hydroxylation is 1. The average Bonchev–Trinajstić information content (AvgIpc) is 2.71. The van der Waals surface area contributed by atoms with Crippen molar-refractivity contribution in [2.24, 2.45) is 0 Å². The maximum absolute atomic E-state index is 13.6. The summed E-state index contributed by atoms with van der Waals surface area (Å²) in [6.45, 7) is 9.24. The Labute approximate surface area is 197 Å². The number of benzene rings is 2. The van der Waals surface area contributed by atoms with E-state index in [1.807, 2.05) is 58.9 Å². The highest BCUT2D eigenvalue weighted by Crippen LogP contribution is 2.20. The SMILES string of the molecule is CC[C@H](C(=O)NC(C)(C)C)N(Cc1ccccc1C)C(=O)CN(c1ccccc1)S(C)(=O)=O. The lowest BCUT2D eigenvalue weighted by atomic mass is 10.0. The highest BCUT2D eigenvalue weighted by molar-refractivity contribution is 7.92. The van der Waals surface area contributed by atoms with Gasteiger partial charge in [-0.1, -0.05) is 49.4 Å². The predicted molar refractivity (Wildman–Crippen MR) is 132 cm³/mol. The molecule has 2 aromatic carbocycles. The molecular formula is C25H35N3O4S. The molecule has 0 heterocycles. The third-order valence-electron chi connectivity index (χ3n) is 5.21. The van der Waals surface area contributed by atoms with Crippen molar-refractivity contribution >= 4 is 27.5 Å². The Morgan fingerprint density at radius 2 is 1.58 bits per heavy atom. The van der Waals surface area contributed by atoms with E-state index < -0.39 is 34.1 Å². The Kier molecular flexibility index (Phi) is 8.66. The van der Waals surface area contributed by atoms with E-state index >= 15 is 0 Å². The molecule has 0 aliphatic rings. The number of sulfonamides is 1. The Morgan fingerprint density at radius 1 is 1.00 bits per heavy atom. The molecule has 0 saturated carbocycles. The fraction of sp³-hybridized carbons (Fsp3) is 0.440. The molecule has 7 nitrogen and oxygen atoms in total. The highest BCUT2D eigenvalue weighted by Gasteiger charge is 2.33. The van der Waals surface area contributed by atoms with E-state index in [-0.39, 0.29) is 12.5 Å². The molecule has 1 N–H and O–H groups in total. The molecule has 180 valence electrons. The summed E-state index contributed by atoms with van der Waals surface area (Å²) in [7, 11) is -3.72. The van der Waals surface area contributed by atoms with Gasteiger partial charge in [0.15, 0.2) is 0 Å². The summed E-state index contributed by atoms with van der Waals surface area (Å²) >= 11 is 0. The van der Waals surface area contributed by atoms with Crippen LogP contribution in [-0.4, -0.2) is 49.5 Å². The first-order valence-electron chi connectivity index (χ1n) is 11.0. The van der Waals surface area contributed by atoms with Crippen molar-refractivity contribution in [3.63, 3.8) is 0 Å². The van der Waals surface area contributed by atoms with Crippen LogP contribution in [-0.2, 0) is 26.2 Å². The molecule has 0 saturated heterocycles. The molecule has 0 aliphatic heterocycles. The zero-order chi connectivity index (χ0) is 24.8. The van der Waals surface area contributed by atoms with Crippen molar-refractivity contribution < 1.29 is 18.0 Å². The second-order valence-corrected chi connectivity index (χ2v) is 11.1. The summed E-state index contributed by atoms with van der Waals surface area (Å²) in [6, 6.07) is 15.4. The first-order valence-corrected chi connectivity index (χ1v) is 12.9. The number of hydrogen-bond acceptors (Lipinski definition) is 4. The molecule has 33 heavy (non-hydrogen) atoms. The number of amides is 2. The highest BCUT2D eigenvalue weighted by atomic mass is 32.2. The van der Waals surface area contributed by atoms with Crippen LogP contribution >= 0.6 is 0 Å². The minimum atomic E-state index is -3.72. The standard InChI is InChI=1S/C25H35N3O4S/c1-7-22(24(30)26-25(3,4)5)27(17-20-14-12-11-13-19(20)2)23(29)18-28(33(6,31)32)21-15-9-8-10-16-21/h8-16,22H,7,17-18H2,1-6H3,(H,26,30)/t22-/m1/s1. The van der Waals surface area contributed by atoms with E-state index in [0.717, 1.165) is 21.7 Å². The fourth-order valence-corrected chi connectivity index (χ4v) is 4.40. The number of hydrogen-bond donors (Lipinski definition) is 1. The van der Waals surface area contributed by atoms with Crippen LogP contribution < -0.4 is 9.62 Å². The van der Waals surface area contributed by atoms with Crippen LogP contribution in [0.3, 0.4) is 0 Å². The Balaban J connectivity index is 2.45. The van der Waals surface area contributed by atoms with Crippen molar-refractivity contribution in [1.29, 1.82) is 0 Å². The zero-order valence-electron chi connectivity index (χ0n) is 20.3. The van der Waals surface area contributed by atoms with Crippen LogP contribution in [0.25, 0.3) is 0 Å². The molecule has 1 atom stereocenters. The van der Waals surface area contributed by atoms with Gasteiger partial charge >= 0.3 is 0 Å². The van der Waals surface area contributed by atoms with Gasteiger partial charge in [0.1, 0.15) is 12.6 Å². The van der Waals surface area contributed by atoms with Gasteiger partial charge in [-0.05, 0) is 57.4 Å². The summed E-state index contributed by atoms with van der Waals surface area (Å²) in [5, 5.41) is 2.96. The Bertz CT molecular complexity index is 1060. The van der Waals surface area contributed by atoms with Gasteiger partial charge in [0, 0.05) is 12.1 Å². The molecule has 2 rings (SSSR count). The van der Waals surface area contributed by atoms with Gasteiger partial charge in [0.25, 0.3) is 0 Å². The minimum absolute atomic E-state index is 0.202. The smallest absolute Gasteiger partial charge is 0.244 e. The molecule has 0 radical (unpaired) electrons. The normalized spacial score (nSPS) is 12.7. The summed E-state index contributed by atoms with van der Waals surface area (Å²) in [4.78, 5) is 28.2. The van der Waals surface area contributed by atoms with Crippen LogP contribution in [0.2, 0.25) is 0 Å². The topological polar surface area (TPSA) is 86.8 Å². The van der Waals surface area contributed by atoms with Crippen LogP contribution in [0.15, 0.2) is 54.6 Å². The van der Waals surface area contributed by atoms with Crippen molar-refractivity contribution in [3.05, 3.63) is 65.7 Å². The molecule has 0 bridgehead atoms. The quantitative estimate of drug-likeness (QED) is 0.604. The van der Waals surface area contributed by atoms with Gasteiger partial charge in [-0.15, -0.1) is 0 Å². The van der Waals surface area contributed by atoms with Gasteiger partial charge in [-0.2, -0.15) is 0 Å². The maximum Gasteiger partial charge on any atom is 0.244 e. The van der Waals surface area contributed by atoms with Gasteiger partial charge in [0.2, 0.25) is 21.8 Å². The number of carbonyl (C=O) groups excluding carboxylic acids is 2. The lowest BCUT2D eigenvalue weighted by Gasteiger charge is -2.34. The van der Waals surface area contributed by atoms with Crippen molar-refractivity contribution in [1.82, 2.24) is 10.2 Å². The molecule has 0 aromatic heterocycles. The number of nitrogens with one attached hydrogen (secondary N) is 1. The summed E-state index contributed by atoms with van der Waals surface area (Å²) in [5.41, 5.74) is 1.82. The maximum atomic E-state index is 13.6. The van der Waals surface area contributed by atoms with E-state index in [1.54, 1.807) is 30.3 Å². The summed E-state index contributed by atoms with van der Waals surface area (Å²) in [6.07, 6.45) is 1.46. The second kappa shape index (κ2) is 10.8. The summed E-state index contributed by atoms with van der Waals surface area (Å²) < 4.78 is 26.2. The van der Waals surface area contributed by atoms with E-state index in [1.165, 1.54) is 4.90 Å².